The second kappa shape index (κ2) is 7.82. The van der Waals surface area contributed by atoms with Crippen LogP contribution < -0.4 is 5.32 Å². The minimum Gasteiger partial charge on any atom is -0.360 e. The fourth-order valence-electron chi connectivity index (χ4n) is 3.50. The summed E-state index contributed by atoms with van der Waals surface area (Å²) in [6.07, 6.45) is 1.31. The van der Waals surface area contributed by atoms with Crippen LogP contribution in [0.1, 0.15) is 42.8 Å². The molecule has 7 nitrogen and oxygen atoms in total. The van der Waals surface area contributed by atoms with Crippen molar-refractivity contribution in [1.29, 1.82) is 0 Å². The Balaban J connectivity index is 1.71. The van der Waals surface area contributed by atoms with Gasteiger partial charge in [-0.15, -0.1) is 0 Å². The van der Waals surface area contributed by atoms with Crippen LogP contribution in [0, 0.1) is 19.8 Å². The molecule has 146 valence electrons. The molecule has 2 heterocycles. The summed E-state index contributed by atoms with van der Waals surface area (Å²) < 4.78 is 32.4. The highest BCUT2D eigenvalue weighted by atomic mass is 32.2. The van der Waals surface area contributed by atoms with Crippen molar-refractivity contribution < 1.29 is 17.7 Å². The van der Waals surface area contributed by atoms with E-state index in [4.69, 9.17) is 4.52 Å². The molecule has 2 unspecified atom stereocenters. The van der Waals surface area contributed by atoms with Crippen LogP contribution >= 0.6 is 0 Å². The summed E-state index contributed by atoms with van der Waals surface area (Å²) in [4.78, 5) is 12.8. The van der Waals surface area contributed by atoms with E-state index in [1.54, 1.807) is 13.8 Å². The highest BCUT2D eigenvalue weighted by Crippen LogP contribution is 2.28. The molecule has 1 amide bonds. The molecule has 2 atom stereocenters. The van der Waals surface area contributed by atoms with Crippen LogP contribution in [0.5, 0.6) is 0 Å². The van der Waals surface area contributed by atoms with Gasteiger partial charge < -0.3 is 9.84 Å². The van der Waals surface area contributed by atoms with Crippen LogP contribution in [0.4, 0.5) is 0 Å². The minimum absolute atomic E-state index is 0.112. The van der Waals surface area contributed by atoms with Gasteiger partial charge in [-0.3, -0.25) is 4.79 Å². The Morgan fingerprint density at radius 3 is 2.63 bits per heavy atom. The third-order valence-corrected chi connectivity index (χ3v) is 7.09. The van der Waals surface area contributed by atoms with Gasteiger partial charge in [0.15, 0.2) is 5.76 Å². The molecular weight excluding hydrogens is 366 g/mol. The van der Waals surface area contributed by atoms with Crippen LogP contribution in [-0.4, -0.2) is 36.9 Å². The minimum atomic E-state index is -3.73. The van der Waals surface area contributed by atoms with Gasteiger partial charge in [0, 0.05) is 13.1 Å². The van der Waals surface area contributed by atoms with Gasteiger partial charge in [-0.2, -0.15) is 4.31 Å². The highest BCUT2D eigenvalue weighted by molar-refractivity contribution is 7.89. The molecule has 1 N–H and O–H groups in total. The van der Waals surface area contributed by atoms with E-state index in [2.05, 4.69) is 10.5 Å². The number of piperidine rings is 1. The second-order valence-corrected chi connectivity index (χ2v) is 8.87. The molecule has 1 aliphatic rings. The van der Waals surface area contributed by atoms with Crippen LogP contribution in [0.15, 0.2) is 39.8 Å². The SMILES string of the molecule is Cc1noc(C)c1S(=O)(=O)N1CCCC(C(=O)NC(C)c2ccccc2)C1. The smallest absolute Gasteiger partial charge is 0.248 e. The number of carbonyl (C=O) groups excluding carboxylic acids is 1. The Morgan fingerprint density at radius 1 is 1.30 bits per heavy atom. The first-order valence-electron chi connectivity index (χ1n) is 9.09. The maximum atomic E-state index is 13.0. The number of benzene rings is 1. The monoisotopic (exact) mass is 391 g/mol. The van der Waals surface area contributed by atoms with Crippen LogP contribution in [0.25, 0.3) is 0 Å². The number of hydrogen-bond donors (Lipinski definition) is 1. The van der Waals surface area contributed by atoms with E-state index in [-0.39, 0.29) is 35.1 Å². The molecule has 1 aliphatic heterocycles. The van der Waals surface area contributed by atoms with Crippen LogP contribution in [0.2, 0.25) is 0 Å². The van der Waals surface area contributed by atoms with Crippen molar-refractivity contribution in [2.75, 3.05) is 13.1 Å². The van der Waals surface area contributed by atoms with Crippen molar-refractivity contribution in [1.82, 2.24) is 14.8 Å². The molecule has 0 saturated carbocycles. The van der Waals surface area contributed by atoms with Crippen molar-refractivity contribution in [3.63, 3.8) is 0 Å². The molecule has 27 heavy (non-hydrogen) atoms. The zero-order valence-corrected chi connectivity index (χ0v) is 16.6. The van der Waals surface area contributed by atoms with Crippen molar-refractivity contribution in [3.8, 4) is 0 Å². The largest absolute Gasteiger partial charge is 0.360 e. The predicted octanol–water partition coefficient (Wildman–Crippen LogP) is 2.57. The lowest BCUT2D eigenvalue weighted by atomic mass is 9.98. The molecule has 0 aliphatic carbocycles. The van der Waals surface area contributed by atoms with Gasteiger partial charge in [-0.25, -0.2) is 8.42 Å². The molecule has 1 fully saturated rings. The molecule has 0 radical (unpaired) electrons. The number of hydrogen-bond acceptors (Lipinski definition) is 5. The average molecular weight is 391 g/mol. The molecule has 3 rings (SSSR count). The summed E-state index contributed by atoms with van der Waals surface area (Å²) in [7, 11) is -3.73. The summed E-state index contributed by atoms with van der Waals surface area (Å²) in [6.45, 7) is 5.68. The zero-order chi connectivity index (χ0) is 19.6. The first-order valence-corrected chi connectivity index (χ1v) is 10.5. The Bertz CT molecular complexity index is 889. The number of amides is 1. The van der Waals surface area contributed by atoms with Gasteiger partial charge in [-0.1, -0.05) is 35.5 Å². The van der Waals surface area contributed by atoms with E-state index >= 15 is 0 Å². The van der Waals surface area contributed by atoms with E-state index < -0.39 is 10.0 Å². The third-order valence-electron chi connectivity index (χ3n) is 4.98. The van der Waals surface area contributed by atoms with E-state index in [0.29, 0.717) is 25.1 Å². The molecule has 2 aromatic rings. The number of sulfonamides is 1. The number of carbonyl (C=O) groups is 1. The quantitative estimate of drug-likeness (QED) is 0.846. The average Bonchev–Trinajstić information content (AvgIpc) is 3.01. The number of aryl methyl sites for hydroxylation is 2. The molecule has 8 heteroatoms. The summed E-state index contributed by atoms with van der Waals surface area (Å²) in [6, 6.07) is 9.57. The van der Waals surface area contributed by atoms with E-state index in [1.165, 1.54) is 4.31 Å². The summed E-state index contributed by atoms with van der Waals surface area (Å²) in [5.74, 6) is -0.220. The fourth-order valence-corrected chi connectivity index (χ4v) is 5.32. The van der Waals surface area contributed by atoms with E-state index in [9.17, 15) is 13.2 Å². The summed E-state index contributed by atoms with van der Waals surface area (Å²) >= 11 is 0. The Hall–Kier alpha value is -2.19. The maximum absolute atomic E-state index is 13.0. The first kappa shape index (κ1) is 19.6. The normalized spacial score (nSPS) is 19.6. The predicted molar refractivity (Wildman–Crippen MR) is 100 cm³/mol. The Labute approximate surface area is 159 Å². The molecule has 1 aromatic carbocycles. The van der Waals surface area contributed by atoms with Gasteiger partial charge in [-0.05, 0) is 39.2 Å². The zero-order valence-electron chi connectivity index (χ0n) is 15.8. The van der Waals surface area contributed by atoms with E-state index in [1.807, 2.05) is 37.3 Å². The van der Waals surface area contributed by atoms with Gasteiger partial charge >= 0.3 is 0 Å². The van der Waals surface area contributed by atoms with Gasteiger partial charge in [0.05, 0.1) is 12.0 Å². The first-order chi connectivity index (χ1) is 12.8. The Kier molecular flexibility index (Phi) is 5.67. The lowest BCUT2D eigenvalue weighted by Gasteiger charge is -2.31. The van der Waals surface area contributed by atoms with Gasteiger partial charge in [0.2, 0.25) is 15.9 Å². The molecule has 1 aromatic heterocycles. The summed E-state index contributed by atoms with van der Waals surface area (Å²) in [5.41, 5.74) is 1.36. The highest BCUT2D eigenvalue weighted by Gasteiger charge is 2.36. The number of nitrogens with one attached hydrogen (secondary N) is 1. The number of aromatic nitrogens is 1. The van der Waals surface area contributed by atoms with Crippen molar-refractivity contribution in [3.05, 3.63) is 47.3 Å². The standard InChI is InChI=1S/C19H25N3O4S/c1-13(16-8-5-4-6-9-16)20-19(23)17-10-7-11-22(12-17)27(24,25)18-14(2)21-26-15(18)3/h4-6,8-9,13,17H,7,10-12H2,1-3H3,(H,20,23). The van der Waals surface area contributed by atoms with Gasteiger partial charge in [0.1, 0.15) is 10.6 Å². The van der Waals surface area contributed by atoms with E-state index in [0.717, 1.165) is 5.56 Å². The van der Waals surface area contributed by atoms with Crippen LogP contribution in [0.3, 0.4) is 0 Å². The third kappa shape index (κ3) is 4.06. The maximum Gasteiger partial charge on any atom is 0.248 e. The second-order valence-electron chi connectivity index (χ2n) is 7.00. The fraction of sp³-hybridized carbons (Fsp3) is 0.474. The lowest BCUT2D eigenvalue weighted by molar-refractivity contribution is -0.126. The van der Waals surface area contributed by atoms with Crippen molar-refractivity contribution in [2.24, 2.45) is 5.92 Å². The van der Waals surface area contributed by atoms with Crippen LogP contribution in [-0.2, 0) is 14.8 Å². The molecular formula is C19H25N3O4S. The number of rotatable bonds is 5. The van der Waals surface area contributed by atoms with Crippen molar-refractivity contribution in [2.45, 2.75) is 44.6 Å². The molecule has 0 bridgehead atoms. The van der Waals surface area contributed by atoms with Gasteiger partial charge in [0.25, 0.3) is 0 Å². The lowest BCUT2D eigenvalue weighted by Crippen LogP contribution is -2.46. The number of nitrogens with zero attached hydrogens (tertiary/aromatic N) is 2. The molecule has 0 spiro atoms. The van der Waals surface area contributed by atoms with Crippen molar-refractivity contribution >= 4 is 15.9 Å². The summed E-state index contributed by atoms with van der Waals surface area (Å²) in [5, 5.41) is 6.75. The molecule has 1 saturated heterocycles. The topological polar surface area (TPSA) is 92.5 Å². The Morgan fingerprint density at radius 2 is 2.00 bits per heavy atom.